The second kappa shape index (κ2) is 6.37. The molecule has 1 aliphatic rings. The fourth-order valence-electron chi connectivity index (χ4n) is 2.98. The quantitative estimate of drug-likeness (QED) is 0.861. The zero-order valence-corrected chi connectivity index (χ0v) is 13.6. The van der Waals surface area contributed by atoms with Gasteiger partial charge < -0.3 is 5.32 Å². The Balaban J connectivity index is 1.71. The molecule has 3 rings (SSSR count). The fourth-order valence-corrected chi connectivity index (χ4v) is 3.44. The zero-order chi connectivity index (χ0) is 16.4. The van der Waals surface area contributed by atoms with Crippen LogP contribution in [0.2, 0.25) is 0 Å². The van der Waals surface area contributed by atoms with Gasteiger partial charge in [-0.25, -0.2) is 0 Å². The Hall–Kier alpha value is -1.80. The molecule has 8 heteroatoms. The van der Waals surface area contributed by atoms with Gasteiger partial charge in [-0.05, 0) is 43.5 Å². The van der Waals surface area contributed by atoms with Crippen LogP contribution in [0.25, 0.3) is 11.3 Å². The van der Waals surface area contributed by atoms with Gasteiger partial charge in [-0.1, -0.05) is 24.3 Å². The minimum atomic E-state index is -4.67. The molecule has 0 amide bonds. The molecule has 1 aromatic heterocycles. The number of piperidine rings is 1. The molecular formula is C15H19FN4O2S. The van der Waals surface area contributed by atoms with Gasteiger partial charge in [0.25, 0.3) is 0 Å². The van der Waals surface area contributed by atoms with Crippen molar-refractivity contribution in [3.05, 3.63) is 30.5 Å². The van der Waals surface area contributed by atoms with E-state index in [9.17, 15) is 12.3 Å². The SMILES string of the molecule is CC1CNCC(Cn2cc(-c3ccc(S(=O)(=O)F)cc3)nn2)C1. The molecule has 0 saturated carbocycles. The average molecular weight is 338 g/mol. The summed E-state index contributed by atoms with van der Waals surface area (Å²) in [6.45, 7) is 5.05. The van der Waals surface area contributed by atoms with E-state index >= 15 is 0 Å². The van der Waals surface area contributed by atoms with E-state index < -0.39 is 10.2 Å². The van der Waals surface area contributed by atoms with Gasteiger partial charge in [-0.2, -0.15) is 8.42 Å². The first kappa shape index (κ1) is 16.1. The third-order valence-corrected chi connectivity index (χ3v) is 4.91. The van der Waals surface area contributed by atoms with Crippen molar-refractivity contribution in [2.24, 2.45) is 11.8 Å². The Morgan fingerprint density at radius 2 is 2.04 bits per heavy atom. The van der Waals surface area contributed by atoms with Crippen LogP contribution in [0.15, 0.2) is 35.4 Å². The second-order valence-corrected chi connectivity index (χ2v) is 7.50. The highest BCUT2D eigenvalue weighted by Gasteiger charge is 2.19. The molecule has 2 atom stereocenters. The van der Waals surface area contributed by atoms with Crippen LogP contribution >= 0.6 is 0 Å². The standard InChI is InChI=1S/C15H19FN4O2S/c1-11-6-12(8-17-7-11)9-20-10-15(18-19-20)13-2-4-14(5-3-13)23(16,21)22/h2-5,10-12,17H,6-9H2,1H3. The van der Waals surface area contributed by atoms with Crippen LogP contribution in [0.4, 0.5) is 3.89 Å². The van der Waals surface area contributed by atoms with Crippen LogP contribution in [0, 0.1) is 11.8 Å². The molecule has 124 valence electrons. The summed E-state index contributed by atoms with van der Waals surface area (Å²) in [5, 5.41) is 11.7. The Labute approximate surface area is 134 Å². The normalized spacial score (nSPS) is 22.2. The van der Waals surface area contributed by atoms with Crippen LogP contribution in [0.1, 0.15) is 13.3 Å². The Morgan fingerprint density at radius 3 is 2.70 bits per heavy atom. The molecule has 6 nitrogen and oxygen atoms in total. The Bertz CT molecular complexity index is 773. The lowest BCUT2D eigenvalue weighted by Crippen LogP contribution is -2.37. The Kier molecular flexibility index (Phi) is 4.45. The maximum Gasteiger partial charge on any atom is 0.332 e. The van der Waals surface area contributed by atoms with E-state index in [0.717, 1.165) is 26.1 Å². The van der Waals surface area contributed by atoms with Crippen LogP contribution in [0.5, 0.6) is 0 Å². The first-order valence-corrected chi connectivity index (χ1v) is 8.96. The first-order valence-electron chi connectivity index (χ1n) is 7.58. The molecule has 1 fully saturated rings. The second-order valence-electron chi connectivity index (χ2n) is 6.15. The van der Waals surface area contributed by atoms with E-state index in [2.05, 4.69) is 22.6 Å². The number of aromatic nitrogens is 3. The van der Waals surface area contributed by atoms with E-state index in [1.54, 1.807) is 4.68 Å². The number of nitrogens with zero attached hydrogens (tertiary/aromatic N) is 3. The van der Waals surface area contributed by atoms with Crippen LogP contribution in [-0.4, -0.2) is 36.5 Å². The Morgan fingerprint density at radius 1 is 1.30 bits per heavy atom. The fraction of sp³-hybridized carbons (Fsp3) is 0.467. The predicted molar refractivity (Wildman–Crippen MR) is 83.9 cm³/mol. The average Bonchev–Trinajstić information content (AvgIpc) is 2.95. The number of hydrogen-bond donors (Lipinski definition) is 1. The van der Waals surface area contributed by atoms with Gasteiger partial charge >= 0.3 is 10.2 Å². The molecule has 2 aromatic rings. The van der Waals surface area contributed by atoms with Crippen molar-refractivity contribution in [2.45, 2.75) is 24.8 Å². The van der Waals surface area contributed by atoms with E-state index in [1.165, 1.54) is 24.3 Å². The van der Waals surface area contributed by atoms with Gasteiger partial charge in [0.1, 0.15) is 5.69 Å². The van der Waals surface area contributed by atoms with Crippen molar-refractivity contribution in [1.29, 1.82) is 0 Å². The highest BCUT2D eigenvalue weighted by molar-refractivity contribution is 7.86. The third-order valence-electron chi connectivity index (χ3n) is 4.08. The molecule has 1 N–H and O–H groups in total. The molecule has 0 bridgehead atoms. The highest BCUT2D eigenvalue weighted by Crippen LogP contribution is 2.21. The summed E-state index contributed by atoms with van der Waals surface area (Å²) in [6, 6.07) is 5.53. The molecule has 1 aromatic carbocycles. The number of rotatable bonds is 4. The van der Waals surface area contributed by atoms with Crippen molar-refractivity contribution < 1.29 is 12.3 Å². The first-order chi connectivity index (χ1) is 10.9. The van der Waals surface area contributed by atoms with Crippen LogP contribution in [-0.2, 0) is 16.8 Å². The van der Waals surface area contributed by atoms with Gasteiger partial charge in [0.2, 0.25) is 0 Å². The molecule has 0 spiro atoms. The predicted octanol–water partition coefficient (Wildman–Crippen LogP) is 1.85. The number of hydrogen-bond acceptors (Lipinski definition) is 5. The largest absolute Gasteiger partial charge is 0.332 e. The molecule has 2 unspecified atom stereocenters. The van der Waals surface area contributed by atoms with Gasteiger partial charge in [0, 0.05) is 12.1 Å². The summed E-state index contributed by atoms with van der Waals surface area (Å²) in [7, 11) is -4.67. The lowest BCUT2D eigenvalue weighted by atomic mass is 9.92. The molecule has 0 radical (unpaired) electrons. The molecule has 23 heavy (non-hydrogen) atoms. The van der Waals surface area contributed by atoms with Crippen LogP contribution < -0.4 is 5.32 Å². The minimum Gasteiger partial charge on any atom is -0.316 e. The maximum atomic E-state index is 12.9. The number of benzene rings is 1. The molecule has 0 aliphatic carbocycles. The lowest BCUT2D eigenvalue weighted by molar-refractivity contribution is 0.266. The summed E-state index contributed by atoms with van der Waals surface area (Å²) in [6.07, 6.45) is 2.99. The van der Waals surface area contributed by atoms with E-state index in [0.29, 0.717) is 23.1 Å². The lowest BCUT2D eigenvalue weighted by Gasteiger charge is -2.27. The maximum absolute atomic E-state index is 12.9. The van der Waals surface area contributed by atoms with Gasteiger partial charge in [0.05, 0.1) is 11.1 Å². The monoisotopic (exact) mass is 338 g/mol. The molecule has 2 heterocycles. The zero-order valence-electron chi connectivity index (χ0n) is 12.8. The van der Waals surface area contributed by atoms with E-state index in [1.807, 2.05) is 6.20 Å². The van der Waals surface area contributed by atoms with Crippen molar-refractivity contribution >= 4 is 10.2 Å². The molecule has 1 aliphatic heterocycles. The van der Waals surface area contributed by atoms with E-state index in [-0.39, 0.29) is 4.90 Å². The van der Waals surface area contributed by atoms with Gasteiger partial charge in [-0.3, -0.25) is 4.68 Å². The third kappa shape index (κ3) is 3.94. The van der Waals surface area contributed by atoms with Crippen LogP contribution in [0.3, 0.4) is 0 Å². The molecular weight excluding hydrogens is 319 g/mol. The van der Waals surface area contributed by atoms with Crippen molar-refractivity contribution in [3.8, 4) is 11.3 Å². The van der Waals surface area contributed by atoms with Crippen molar-refractivity contribution in [3.63, 3.8) is 0 Å². The number of halogens is 1. The summed E-state index contributed by atoms with van der Waals surface area (Å²) < 4.78 is 36.3. The van der Waals surface area contributed by atoms with Crippen molar-refractivity contribution in [2.75, 3.05) is 13.1 Å². The minimum absolute atomic E-state index is 0.351. The highest BCUT2D eigenvalue weighted by atomic mass is 32.3. The van der Waals surface area contributed by atoms with Crippen molar-refractivity contribution in [1.82, 2.24) is 20.3 Å². The van der Waals surface area contributed by atoms with Gasteiger partial charge in [0.15, 0.2) is 0 Å². The number of nitrogens with one attached hydrogen (secondary N) is 1. The summed E-state index contributed by atoms with van der Waals surface area (Å²) in [5.41, 5.74) is 1.35. The summed E-state index contributed by atoms with van der Waals surface area (Å²) in [5.74, 6) is 1.18. The topological polar surface area (TPSA) is 76.9 Å². The smallest absolute Gasteiger partial charge is 0.316 e. The molecule has 1 saturated heterocycles. The van der Waals surface area contributed by atoms with E-state index in [4.69, 9.17) is 0 Å². The summed E-state index contributed by atoms with van der Waals surface area (Å²) >= 11 is 0. The summed E-state index contributed by atoms with van der Waals surface area (Å²) in [4.78, 5) is -0.351. The van der Waals surface area contributed by atoms with Gasteiger partial charge in [-0.15, -0.1) is 8.98 Å².